The molecule has 0 bridgehead atoms. The van der Waals surface area contributed by atoms with Crippen LogP contribution in [0.15, 0.2) is 30.3 Å². The number of nitrogens with one attached hydrogen (secondary N) is 1. The molecule has 0 amide bonds. The molecule has 0 radical (unpaired) electrons. The Hall–Kier alpha value is -1.30. The predicted octanol–water partition coefficient (Wildman–Crippen LogP) is 2.05. The Morgan fingerprint density at radius 1 is 1.31 bits per heavy atom. The van der Waals surface area contributed by atoms with Gasteiger partial charge < -0.3 is 10.1 Å². The van der Waals surface area contributed by atoms with Gasteiger partial charge in [-0.15, -0.1) is 0 Å². The lowest BCUT2D eigenvalue weighted by Gasteiger charge is -2.13. The Balaban J connectivity index is 2.32. The minimum Gasteiger partial charge on any atom is -0.383 e. The van der Waals surface area contributed by atoms with Gasteiger partial charge in [0.25, 0.3) is 0 Å². The van der Waals surface area contributed by atoms with Crippen LogP contribution in [0.5, 0.6) is 0 Å². The molecule has 1 N–H and O–H groups in total. The molecule has 0 heterocycles. The second kappa shape index (κ2) is 7.92. The SMILES string of the molecule is CCC(COC)NCC#Cc1ccccc1. The summed E-state index contributed by atoms with van der Waals surface area (Å²) in [7, 11) is 1.72. The van der Waals surface area contributed by atoms with Crippen molar-refractivity contribution in [3.63, 3.8) is 0 Å². The summed E-state index contributed by atoms with van der Waals surface area (Å²) in [6.45, 7) is 3.58. The van der Waals surface area contributed by atoms with Gasteiger partial charge in [-0.3, -0.25) is 0 Å². The summed E-state index contributed by atoms with van der Waals surface area (Å²) in [5.41, 5.74) is 1.06. The summed E-state index contributed by atoms with van der Waals surface area (Å²) < 4.78 is 5.10. The number of hydrogen-bond donors (Lipinski definition) is 1. The zero-order valence-corrected chi connectivity index (χ0v) is 9.99. The van der Waals surface area contributed by atoms with Crippen molar-refractivity contribution >= 4 is 0 Å². The summed E-state index contributed by atoms with van der Waals surface area (Å²) in [6.07, 6.45) is 1.06. The lowest BCUT2D eigenvalue weighted by Crippen LogP contribution is -2.32. The maximum Gasteiger partial charge on any atom is 0.0616 e. The normalized spacial score (nSPS) is 11.6. The largest absolute Gasteiger partial charge is 0.383 e. The monoisotopic (exact) mass is 217 g/mol. The van der Waals surface area contributed by atoms with E-state index in [4.69, 9.17) is 4.74 Å². The van der Waals surface area contributed by atoms with E-state index in [0.29, 0.717) is 12.6 Å². The van der Waals surface area contributed by atoms with E-state index >= 15 is 0 Å². The molecule has 16 heavy (non-hydrogen) atoms. The van der Waals surface area contributed by atoms with Crippen LogP contribution >= 0.6 is 0 Å². The van der Waals surface area contributed by atoms with Gasteiger partial charge in [0.1, 0.15) is 0 Å². The fourth-order valence-corrected chi connectivity index (χ4v) is 1.39. The summed E-state index contributed by atoms with van der Waals surface area (Å²) in [4.78, 5) is 0. The van der Waals surface area contributed by atoms with Crippen molar-refractivity contribution in [1.82, 2.24) is 5.32 Å². The molecule has 86 valence electrons. The van der Waals surface area contributed by atoms with Gasteiger partial charge in [-0.05, 0) is 18.6 Å². The number of benzene rings is 1. The highest BCUT2D eigenvalue weighted by atomic mass is 16.5. The van der Waals surface area contributed by atoms with Crippen LogP contribution in [0.4, 0.5) is 0 Å². The first kappa shape index (κ1) is 12.8. The molecule has 1 rings (SSSR count). The molecule has 0 fully saturated rings. The fourth-order valence-electron chi connectivity index (χ4n) is 1.39. The Morgan fingerprint density at radius 3 is 2.69 bits per heavy atom. The fraction of sp³-hybridized carbons (Fsp3) is 0.429. The predicted molar refractivity (Wildman–Crippen MR) is 67.3 cm³/mol. The topological polar surface area (TPSA) is 21.3 Å². The van der Waals surface area contributed by atoms with E-state index in [2.05, 4.69) is 24.1 Å². The van der Waals surface area contributed by atoms with E-state index in [-0.39, 0.29) is 0 Å². The smallest absolute Gasteiger partial charge is 0.0616 e. The molecular weight excluding hydrogens is 198 g/mol. The molecule has 1 unspecified atom stereocenters. The van der Waals surface area contributed by atoms with Crippen LogP contribution in [-0.2, 0) is 4.74 Å². The van der Waals surface area contributed by atoms with Crippen LogP contribution in [0.25, 0.3) is 0 Å². The molecule has 0 aliphatic heterocycles. The van der Waals surface area contributed by atoms with Crippen LogP contribution in [-0.4, -0.2) is 26.3 Å². The van der Waals surface area contributed by atoms with Crippen molar-refractivity contribution in [2.75, 3.05) is 20.3 Å². The standard InChI is InChI=1S/C14H19NO/c1-3-14(12-16-2)15-11-7-10-13-8-5-4-6-9-13/h4-6,8-9,14-15H,3,11-12H2,1-2H3. The van der Waals surface area contributed by atoms with E-state index in [9.17, 15) is 0 Å². The highest BCUT2D eigenvalue weighted by Gasteiger charge is 2.01. The maximum atomic E-state index is 5.10. The summed E-state index contributed by atoms with van der Waals surface area (Å²) in [6, 6.07) is 10.4. The zero-order chi connectivity index (χ0) is 11.6. The molecule has 0 aliphatic carbocycles. The third kappa shape index (κ3) is 4.97. The molecule has 1 aromatic rings. The Kier molecular flexibility index (Phi) is 6.32. The van der Waals surface area contributed by atoms with Crippen LogP contribution in [0.3, 0.4) is 0 Å². The molecule has 0 saturated heterocycles. The van der Waals surface area contributed by atoms with Gasteiger partial charge in [0.2, 0.25) is 0 Å². The Labute approximate surface area is 98.0 Å². The first-order valence-corrected chi connectivity index (χ1v) is 5.63. The van der Waals surface area contributed by atoms with E-state index in [1.54, 1.807) is 7.11 Å². The van der Waals surface area contributed by atoms with Crippen molar-refractivity contribution in [2.24, 2.45) is 0 Å². The third-order valence-corrected chi connectivity index (χ3v) is 2.35. The molecule has 2 nitrogen and oxygen atoms in total. The number of rotatable bonds is 5. The average Bonchev–Trinajstić information content (AvgIpc) is 2.34. The first-order chi connectivity index (χ1) is 7.86. The van der Waals surface area contributed by atoms with E-state index < -0.39 is 0 Å². The summed E-state index contributed by atoms with van der Waals surface area (Å²) in [5.74, 6) is 6.22. The van der Waals surface area contributed by atoms with Gasteiger partial charge in [0.15, 0.2) is 0 Å². The Bertz CT molecular complexity index is 337. The first-order valence-electron chi connectivity index (χ1n) is 5.63. The van der Waals surface area contributed by atoms with Gasteiger partial charge >= 0.3 is 0 Å². The average molecular weight is 217 g/mol. The lowest BCUT2D eigenvalue weighted by atomic mass is 10.2. The van der Waals surface area contributed by atoms with Crippen molar-refractivity contribution in [3.8, 4) is 11.8 Å². The minimum atomic E-state index is 0.398. The lowest BCUT2D eigenvalue weighted by molar-refractivity contribution is 0.166. The highest BCUT2D eigenvalue weighted by Crippen LogP contribution is 1.94. The number of hydrogen-bond acceptors (Lipinski definition) is 2. The van der Waals surface area contributed by atoms with Crippen LogP contribution in [0.1, 0.15) is 18.9 Å². The quantitative estimate of drug-likeness (QED) is 0.762. The van der Waals surface area contributed by atoms with Crippen LogP contribution in [0.2, 0.25) is 0 Å². The van der Waals surface area contributed by atoms with E-state index in [1.807, 2.05) is 30.3 Å². The third-order valence-electron chi connectivity index (χ3n) is 2.35. The van der Waals surface area contributed by atoms with Gasteiger partial charge in [-0.2, -0.15) is 0 Å². The van der Waals surface area contributed by atoms with Gasteiger partial charge in [0, 0.05) is 18.7 Å². The molecule has 0 aromatic heterocycles. The Morgan fingerprint density at radius 2 is 2.06 bits per heavy atom. The van der Waals surface area contributed by atoms with E-state index in [1.165, 1.54) is 0 Å². The molecule has 0 saturated carbocycles. The second-order valence-corrected chi connectivity index (χ2v) is 3.61. The molecule has 2 heteroatoms. The van der Waals surface area contributed by atoms with Crippen molar-refractivity contribution < 1.29 is 4.74 Å². The van der Waals surface area contributed by atoms with Crippen molar-refractivity contribution in [1.29, 1.82) is 0 Å². The van der Waals surface area contributed by atoms with Gasteiger partial charge in [0.05, 0.1) is 13.2 Å². The van der Waals surface area contributed by atoms with E-state index in [0.717, 1.165) is 18.6 Å². The molecule has 0 aliphatic rings. The van der Waals surface area contributed by atoms with Crippen molar-refractivity contribution in [2.45, 2.75) is 19.4 Å². The molecule has 1 atom stereocenters. The molecule has 1 aromatic carbocycles. The van der Waals surface area contributed by atoms with Gasteiger partial charge in [-0.25, -0.2) is 0 Å². The second-order valence-electron chi connectivity index (χ2n) is 3.61. The summed E-state index contributed by atoms with van der Waals surface area (Å²) in [5, 5.41) is 3.34. The number of methoxy groups -OCH3 is 1. The van der Waals surface area contributed by atoms with Crippen molar-refractivity contribution in [3.05, 3.63) is 35.9 Å². The minimum absolute atomic E-state index is 0.398. The van der Waals surface area contributed by atoms with Crippen LogP contribution < -0.4 is 5.32 Å². The highest BCUT2D eigenvalue weighted by molar-refractivity contribution is 5.33. The van der Waals surface area contributed by atoms with Gasteiger partial charge in [-0.1, -0.05) is 37.0 Å². The maximum absolute atomic E-state index is 5.10. The molecule has 0 spiro atoms. The summed E-state index contributed by atoms with van der Waals surface area (Å²) >= 11 is 0. The zero-order valence-electron chi connectivity index (χ0n) is 9.99. The molecular formula is C14H19NO. The van der Waals surface area contributed by atoms with Crippen LogP contribution in [0, 0.1) is 11.8 Å². The number of ether oxygens (including phenoxy) is 1.